The first-order chi connectivity index (χ1) is 8.00. The average Bonchev–Trinajstić information content (AvgIpc) is 2.57. The first-order valence-corrected chi connectivity index (χ1v) is 6.31. The number of nitrogens with two attached hydrogens (primary N) is 1. The van der Waals surface area contributed by atoms with Crippen LogP contribution in [0.4, 0.5) is 10.1 Å². The highest BCUT2D eigenvalue weighted by Gasteiger charge is 2.30. The molecule has 0 radical (unpaired) electrons. The van der Waals surface area contributed by atoms with Gasteiger partial charge in [-0.25, -0.2) is 4.39 Å². The van der Waals surface area contributed by atoms with Gasteiger partial charge in [0.2, 0.25) is 0 Å². The van der Waals surface area contributed by atoms with Crippen LogP contribution in [-0.2, 0) is 0 Å². The van der Waals surface area contributed by atoms with Gasteiger partial charge in [0.25, 0.3) is 0 Å². The summed E-state index contributed by atoms with van der Waals surface area (Å²) in [5.41, 5.74) is 7.55. The first kappa shape index (κ1) is 12.4. The van der Waals surface area contributed by atoms with Crippen LogP contribution in [0.25, 0.3) is 0 Å². The van der Waals surface area contributed by atoms with Crippen molar-refractivity contribution in [1.29, 1.82) is 0 Å². The van der Waals surface area contributed by atoms with Crippen molar-refractivity contribution in [1.82, 2.24) is 0 Å². The van der Waals surface area contributed by atoms with Gasteiger partial charge in [0, 0.05) is 18.6 Å². The topological polar surface area (TPSA) is 29.3 Å². The molecule has 1 saturated heterocycles. The summed E-state index contributed by atoms with van der Waals surface area (Å²) in [6.07, 6.45) is 1.12. The lowest BCUT2D eigenvalue weighted by molar-refractivity contribution is 0.606. The first-order valence-electron chi connectivity index (χ1n) is 6.31. The fourth-order valence-corrected chi connectivity index (χ4v) is 2.81. The molecule has 17 heavy (non-hydrogen) atoms. The van der Waals surface area contributed by atoms with E-state index in [1.165, 1.54) is 6.07 Å². The summed E-state index contributed by atoms with van der Waals surface area (Å²) in [6.45, 7) is 7.19. The van der Waals surface area contributed by atoms with E-state index in [0.29, 0.717) is 17.6 Å². The monoisotopic (exact) mass is 236 g/mol. The van der Waals surface area contributed by atoms with Crippen molar-refractivity contribution in [3.8, 4) is 0 Å². The third-order valence-corrected chi connectivity index (χ3v) is 3.58. The number of hydrogen-bond donors (Lipinski definition) is 1. The highest BCUT2D eigenvalue weighted by atomic mass is 19.1. The van der Waals surface area contributed by atoms with Crippen molar-refractivity contribution >= 4 is 5.69 Å². The number of hydrogen-bond acceptors (Lipinski definition) is 2. The quantitative estimate of drug-likeness (QED) is 0.855. The molecule has 0 amide bonds. The second-order valence-electron chi connectivity index (χ2n) is 5.31. The van der Waals surface area contributed by atoms with Crippen molar-refractivity contribution in [2.45, 2.75) is 39.3 Å². The van der Waals surface area contributed by atoms with Gasteiger partial charge in [-0.05, 0) is 37.8 Å². The van der Waals surface area contributed by atoms with Crippen molar-refractivity contribution in [2.24, 2.45) is 11.7 Å². The van der Waals surface area contributed by atoms with E-state index in [0.717, 1.165) is 18.5 Å². The Balaban J connectivity index is 2.43. The van der Waals surface area contributed by atoms with Crippen LogP contribution < -0.4 is 10.6 Å². The Bertz CT molecular complexity index is 403. The van der Waals surface area contributed by atoms with E-state index < -0.39 is 0 Å². The molecule has 1 heterocycles. The Morgan fingerprint density at radius 3 is 2.65 bits per heavy atom. The predicted molar refractivity (Wildman–Crippen MR) is 69.6 cm³/mol. The van der Waals surface area contributed by atoms with E-state index in [-0.39, 0.29) is 11.9 Å². The number of halogens is 1. The molecule has 0 saturated carbocycles. The van der Waals surface area contributed by atoms with Gasteiger partial charge in [-0.15, -0.1) is 0 Å². The van der Waals surface area contributed by atoms with E-state index in [1.54, 1.807) is 6.07 Å². The number of benzene rings is 1. The SMILES string of the molecule is CC1CC(C)N(c2c(F)cccc2[C@H](C)N)C1. The molecular formula is C14H21FN2. The zero-order valence-corrected chi connectivity index (χ0v) is 10.8. The Morgan fingerprint density at radius 2 is 2.12 bits per heavy atom. The smallest absolute Gasteiger partial charge is 0.146 e. The number of nitrogens with zero attached hydrogens (tertiary/aromatic N) is 1. The third-order valence-electron chi connectivity index (χ3n) is 3.58. The zero-order valence-electron chi connectivity index (χ0n) is 10.8. The van der Waals surface area contributed by atoms with Crippen molar-refractivity contribution in [3.05, 3.63) is 29.6 Å². The van der Waals surface area contributed by atoms with E-state index >= 15 is 0 Å². The molecule has 2 rings (SSSR count). The molecule has 0 aromatic heterocycles. The van der Waals surface area contributed by atoms with Gasteiger partial charge in [-0.1, -0.05) is 19.1 Å². The molecule has 0 spiro atoms. The number of rotatable bonds is 2. The minimum absolute atomic E-state index is 0.135. The van der Waals surface area contributed by atoms with Crippen LogP contribution in [0.1, 0.15) is 38.8 Å². The lowest BCUT2D eigenvalue weighted by Crippen LogP contribution is -2.29. The van der Waals surface area contributed by atoms with Gasteiger partial charge >= 0.3 is 0 Å². The predicted octanol–water partition coefficient (Wildman–Crippen LogP) is 3.08. The zero-order chi connectivity index (χ0) is 12.6. The maximum atomic E-state index is 14.1. The summed E-state index contributed by atoms with van der Waals surface area (Å²) in [7, 11) is 0. The highest BCUT2D eigenvalue weighted by molar-refractivity contribution is 5.57. The van der Waals surface area contributed by atoms with Crippen molar-refractivity contribution < 1.29 is 4.39 Å². The molecule has 94 valence electrons. The molecule has 0 bridgehead atoms. The summed E-state index contributed by atoms with van der Waals surface area (Å²) in [4.78, 5) is 2.17. The molecule has 3 atom stereocenters. The molecule has 1 fully saturated rings. The van der Waals surface area contributed by atoms with Gasteiger partial charge < -0.3 is 10.6 Å². The van der Waals surface area contributed by atoms with Gasteiger partial charge in [0.15, 0.2) is 0 Å². The molecule has 1 aromatic rings. The number of para-hydroxylation sites is 1. The van der Waals surface area contributed by atoms with Crippen LogP contribution in [0, 0.1) is 11.7 Å². The molecule has 2 nitrogen and oxygen atoms in total. The summed E-state index contributed by atoms with van der Waals surface area (Å²) < 4.78 is 14.1. The van der Waals surface area contributed by atoms with Crippen LogP contribution >= 0.6 is 0 Å². The maximum absolute atomic E-state index is 14.1. The minimum Gasteiger partial charge on any atom is -0.366 e. The van der Waals surface area contributed by atoms with E-state index in [2.05, 4.69) is 18.7 Å². The standard InChI is InChI=1S/C14H21FN2/c1-9-7-10(2)17(8-9)14-12(11(3)16)5-4-6-13(14)15/h4-6,9-11H,7-8,16H2,1-3H3/t9?,10?,11-/m0/s1. The van der Waals surface area contributed by atoms with Crippen LogP contribution in [0.15, 0.2) is 18.2 Å². The van der Waals surface area contributed by atoms with Gasteiger partial charge in [0.05, 0.1) is 5.69 Å². The molecular weight excluding hydrogens is 215 g/mol. The average molecular weight is 236 g/mol. The highest BCUT2D eigenvalue weighted by Crippen LogP contribution is 2.35. The van der Waals surface area contributed by atoms with E-state index in [4.69, 9.17) is 5.73 Å². The van der Waals surface area contributed by atoms with Crippen LogP contribution in [0.5, 0.6) is 0 Å². The molecule has 1 aromatic carbocycles. The van der Waals surface area contributed by atoms with Crippen LogP contribution in [-0.4, -0.2) is 12.6 Å². The fraction of sp³-hybridized carbons (Fsp3) is 0.571. The minimum atomic E-state index is -0.152. The van der Waals surface area contributed by atoms with Gasteiger partial charge in [-0.2, -0.15) is 0 Å². The van der Waals surface area contributed by atoms with Gasteiger partial charge in [0.1, 0.15) is 5.82 Å². The summed E-state index contributed by atoms with van der Waals surface area (Å²) >= 11 is 0. The Hall–Kier alpha value is -1.09. The summed E-state index contributed by atoms with van der Waals surface area (Å²) in [5, 5.41) is 0. The van der Waals surface area contributed by atoms with Crippen molar-refractivity contribution in [3.63, 3.8) is 0 Å². The third kappa shape index (κ3) is 2.29. The summed E-state index contributed by atoms with van der Waals surface area (Å²) in [5.74, 6) is 0.464. The Kier molecular flexibility index (Phi) is 3.38. The second-order valence-corrected chi connectivity index (χ2v) is 5.31. The number of anilines is 1. The van der Waals surface area contributed by atoms with E-state index in [1.807, 2.05) is 13.0 Å². The molecule has 3 heteroatoms. The normalized spacial score (nSPS) is 26.3. The van der Waals surface area contributed by atoms with Gasteiger partial charge in [-0.3, -0.25) is 0 Å². The Labute approximate surface area is 103 Å². The molecule has 0 aliphatic carbocycles. The van der Waals surface area contributed by atoms with Crippen molar-refractivity contribution in [2.75, 3.05) is 11.4 Å². The van der Waals surface area contributed by atoms with E-state index in [9.17, 15) is 4.39 Å². The summed E-state index contributed by atoms with van der Waals surface area (Å²) in [6, 6.07) is 5.44. The molecule has 2 N–H and O–H groups in total. The fourth-order valence-electron chi connectivity index (χ4n) is 2.81. The maximum Gasteiger partial charge on any atom is 0.146 e. The lowest BCUT2D eigenvalue weighted by atomic mass is 10.0. The molecule has 2 unspecified atom stereocenters. The Morgan fingerprint density at radius 1 is 1.41 bits per heavy atom. The van der Waals surface area contributed by atoms with Crippen LogP contribution in [0.3, 0.4) is 0 Å². The molecule has 1 aliphatic rings. The second kappa shape index (κ2) is 4.65. The lowest BCUT2D eigenvalue weighted by Gasteiger charge is -2.28. The largest absolute Gasteiger partial charge is 0.366 e. The van der Waals surface area contributed by atoms with Crippen LogP contribution in [0.2, 0.25) is 0 Å². The molecule has 1 aliphatic heterocycles.